The highest BCUT2D eigenvalue weighted by molar-refractivity contribution is 7.90. The summed E-state index contributed by atoms with van der Waals surface area (Å²) in [7, 11) is -5.62. The second-order valence-corrected chi connectivity index (χ2v) is 4.93. The highest BCUT2D eigenvalue weighted by Gasteiger charge is 2.46. The van der Waals surface area contributed by atoms with E-state index in [1.54, 1.807) is 0 Å². The number of carbonyl (C=O) groups is 1. The third-order valence-corrected chi connectivity index (χ3v) is 2.84. The molecule has 0 bridgehead atoms. The molecule has 1 aliphatic rings. The van der Waals surface area contributed by atoms with E-state index in [-0.39, 0.29) is 19.3 Å². The first kappa shape index (κ1) is 14.2. The Hall–Kier alpha value is -0.870. The fraction of sp³-hybridized carbons (Fsp3) is 0.857. The molecule has 100 valence electrons. The van der Waals surface area contributed by atoms with Crippen molar-refractivity contribution in [2.75, 3.05) is 19.8 Å². The van der Waals surface area contributed by atoms with Crippen LogP contribution in [0.1, 0.15) is 6.42 Å². The van der Waals surface area contributed by atoms with Crippen molar-refractivity contribution in [1.82, 2.24) is 4.72 Å². The molecule has 6 nitrogen and oxygen atoms in total. The number of sulfonamides is 1. The van der Waals surface area contributed by atoms with E-state index in [4.69, 9.17) is 9.47 Å². The first-order chi connectivity index (χ1) is 7.72. The molecule has 1 aliphatic heterocycles. The van der Waals surface area contributed by atoms with Crippen LogP contribution in [0, 0.1) is 0 Å². The van der Waals surface area contributed by atoms with Gasteiger partial charge in [-0.3, -0.25) is 4.79 Å². The lowest BCUT2D eigenvalue weighted by molar-refractivity contribution is -0.121. The van der Waals surface area contributed by atoms with Gasteiger partial charge >= 0.3 is 15.5 Å². The smallest absolute Gasteiger partial charge is 0.378 e. The Morgan fingerprint density at radius 1 is 1.47 bits per heavy atom. The number of nitrogens with one attached hydrogen (secondary N) is 1. The van der Waals surface area contributed by atoms with E-state index >= 15 is 0 Å². The molecule has 1 fully saturated rings. The van der Waals surface area contributed by atoms with Gasteiger partial charge in [-0.05, 0) is 0 Å². The molecule has 1 unspecified atom stereocenters. The summed E-state index contributed by atoms with van der Waals surface area (Å²) in [6, 6.07) is 0. The average molecular weight is 277 g/mol. The van der Waals surface area contributed by atoms with E-state index in [0.717, 1.165) is 4.72 Å². The van der Waals surface area contributed by atoms with Crippen LogP contribution < -0.4 is 4.72 Å². The van der Waals surface area contributed by atoms with Crippen LogP contribution in [0.25, 0.3) is 0 Å². The lowest BCUT2D eigenvalue weighted by atomic mass is 10.4. The highest BCUT2D eigenvalue weighted by atomic mass is 32.2. The molecule has 1 heterocycles. The quantitative estimate of drug-likeness (QED) is 0.535. The van der Waals surface area contributed by atoms with Gasteiger partial charge in [-0.2, -0.15) is 21.6 Å². The van der Waals surface area contributed by atoms with Crippen LogP contribution in [-0.2, 0) is 24.3 Å². The molecule has 0 aromatic carbocycles. The van der Waals surface area contributed by atoms with Gasteiger partial charge in [0.2, 0.25) is 5.91 Å². The standard InChI is InChI=1S/C7H10F3NO5S/c8-7(9,10)17(13,14)11-6(12)1-2-15-3-5-4-16-5/h5H,1-4H2,(H,11,12). The SMILES string of the molecule is O=C(CCOCC1CO1)NS(=O)(=O)C(F)(F)F. The fourth-order valence-electron chi connectivity index (χ4n) is 0.803. The third-order valence-electron chi connectivity index (χ3n) is 1.73. The van der Waals surface area contributed by atoms with E-state index in [2.05, 4.69) is 0 Å². The van der Waals surface area contributed by atoms with Crippen LogP contribution in [0.4, 0.5) is 13.2 Å². The molecule has 0 aromatic heterocycles. The van der Waals surface area contributed by atoms with Crippen molar-refractivity contribution in [3.63, 3.8) is 0 Å². The first-order valence-electron chi connectivity index (χ1n) is 4.53. The number of carbonyl (C=O) groups excluding carboxylic acids is 1. The Morgan fingerprint density at radius 2 is 2.06 bits per heavy atom. The minimum Gasteiger partial charge on any atom is -0.378 e. The molecule has 1 rings (SSSR count). The molecule has 0 spiro atoms. The predicted octanol–water partition coefficient (Wildman–Crippen LogP) is -0.242. The van der Waals surface area contributed by atoms with Crippen molar-refractivity contribution in [3.8, 4) is 0 Å². The Labute approximate surface area is 95.1 Å². The monoisotopic (exact) mass is 277 g/mol. The van der Waals surface area contributed by atoms with Crippen LogP contribution >= 0.6 is 0 Å². The van der Waals surface area contributed by atoms with Gasteiger partial charge in [-0.15, -0.1) is 0 Å². The average Bonchev–Trinajstić information content (AvgIpc) is 2.93. The van der Waals surface area contributed by atoms with Crippen molar-refractivity contribution in [2.24, 2.45) is 0 Å². The fourth-order valence-corrected chi connectivity index (χ4v) is 1.32. The number of epoxide rings is 1. The Balaban J connectivity index is 2.23. The Morgan fingerprint density at radius 3 is 2.53 bits per heavy atom. The van der Waals surface area contributed by atoms with Gasteiger partial charge in [0.25, 0.3) is 0 Å². The minimum atomic E-state index is -5.62. The summed E-state index contributed by atoms with van der Waals surface area (Å²) in [5, 5.41) is 0. The summed E-state index contributed by atoms with van der Waals surface area (Å²) >= 11 is 0. The molecule has 1 amide bonds. The van der Waals surface area contributed by atoms with Crippen LogP contribution in [0.3, 0.4) is 0 Å². The van der Waals surface area contributed by atoms with E-state index in [1.165, 1.54) is 0 Å². The molecule has 0 aliphatic carbocycles. The molecule has 17 heavy (non-hydrogen) atoms. The van der Waals surface area contributed by atoms with Gasteiger partial charge in [0.1, 0.15) is 6.10 Å². The maximum Gasteiger partial charge on any atom is 0.516 e. The first-order valence-corrected chi connectivity index (χ1v) is 6.02. The van der Waals surface area contributed by atoms with E-state index in [0.29, 0.717) is 6.61 Å². The lowest BCUT2D eigenvalue weighted by Crippen LogP contribution is -2.40. The molecule has 0 radical (unpaired) electrons. The third kappa shape index (κ3) is 4.88. The number of ether oxygens (including phenoxy) is 2. The molecular formula is C7H10F3NO5S. The number of hydrogen-bond acceptors (Lipinski definition) is 5. The van der Waals surface area contributed by atoms with Gasteiger partial charge in [-0.25, -0.2) is 4.72 Å². The number of hydrogen-bond donors (Lipinski definition) is 1. The summed E-state index contributed by atoms with van der Waals surface area (Å²) < 4.78 is 67.1. The van der Waals surface area contributed by atoms with E-state index in [1.807, 2.05) is 0 Å². The Bertz CT molecular complexity index is 375. The molecule has 10 heteroatoms. The number of alkyl halides is 3. The summed E-state index contributed by atoms with van der Waals surface area (Å²) in [4.78, 5) is 10.9. The number of halogens is 3. The summed E-state index contributed by atoms with van der Waals surface area (Å²) in [6.45, 7) is 0.618. The zero-order chi connectivity index (χ0) is 13.1. The molecule has 1 atom stereocenters. The van der Waals surface area contributed by atoms with Gasteiger partial charge in [0, 0.05) is 0 Å². The van der Waals surface area contributed by atoms with Crippen LogP contribution in [0.2, 0.25) is 0 Å². The highest BCUT2D eigenvalue weighted by Crippen LogP contribution is 2.21. The molecule has 1 saturated heterocycles. The number of amides is 1. The summed E-state index contributed by atoms with van der Waals surface area (Å²) in [6.07, 6.45) is -0.501. The van der Waals surface area contributed by atoms with Gasteiger partial charge < -0.3 is 9.47 Å². The maximum absolute atomic E-state index is 11.8. The predicted molar refractivity (Wildman–Crippen MR) is 48.3 cm³/mol. The summed E-state index contributed by atoms with van der Waals surface area (Å²) in [5.74, 6) is -1.26. The van der Waals surface area contributed by atoms with E-state index < -0.39 is 27.9 Å². The molecule has 1 N–H and O–H groups in total. The molecule has 0 saturated carbocycles. The van der Waals surface area contributed by atoms with Crippen LogP contribution in [0.5, 0.6) is 0 Å². The maximum atomic E-state index is 11.8. The largest absolute Gasteiger partial charge is 0.516 e. The second-order valence-electron chi connectivity index (χ2n) is 3.25. The van der Waals surface area contributed by atoms with Gasteiger partial charge in [-0.1, -0.05) is 0 Å². The zero-order valence-corrected chi connectivity index (χ0v) is 9.31. The normalized spacial score (nSPS) is 20.1. The van der Waals surface area contributed by atoms with Crippen molar-refractivity contribution >= 4 is 15.9 Å². The zero-order valence-electron chi connectivity index (χ0n) is 8.49. The van der Waals surface area contributed by atoms with Crippen LogP contribution in [-0.4, -0.2) is 45.8 Å². The van der Waals surface area contributed by atoms with Crippen LogP contribution in [0.15, 0.2) is 0 Å². The van der Waals surface area contributed by atoms with Crippen molar-refractivity contribution < 1.29 is 35.9 Å². The van der Waals surface area contributed by atoms with Gasteiger partial charge in [0.15, 0.2) is 0 Å². The lowest BCUT2D eigenvalue weighted by Gasteiger charge is -2.09. The van der Waals surface area contributed by atoms with Crippen molar-refractivity contribution in [1.29, 1.82) is 0 Å². The van der Waals surface area contributed by atoms with Gasteiger partial charge in [0.05, 0.1) is 26.2 Å². The molecular weight excluding hydrogens is 267 g/mol. The molecule has 0 aromatic rings. The Kier molecular flexibility index (Phi) is 4.33. The number of rotatable bonds is 6. The van der Waals surface area contributed by atoms with Crippen molar-refractivity contribution in [3.05, 3.63) is 0 Å². The van der Waals surface area contributed by atoms with Crippen molar-refractivity contribution in [2.45, 2.75) is 18.0 Å². The summed E-state index contributed by atoms with van der Waals surface area (Å²) in [5.41, 5.74) is -5.49. The second kappa shape index (κ2) is 5.19. The topological polar surface area (TPSA) is 85.0 Å². The minimum absolute atomic E-state index is 0.0306. The van der Waals surface area contributed by atoms with E-state index in [9.17, 15) is 26.4 Å².